The van der Waals surface area contributed by atoms with Gasteiger partial charge in [0.1, 0.15) is 5.82 Å². The molecule has 0 radical (unpaired) electrons. The lowest BCUT2D eigenvalue weighted by Crippen LogP contribution is -2.48. The summed E-state index contributed by atoms with van der Waals surface area (Å²) >= 11 is 0. The number of aliphatic hydroxyl groups excluding tert-OH is 1. The van der Waals surface area contributed by atoms with Crippen molar-refractivity contribution in [3.05, 3.63) is 35.6 Å². The van der Waals surface area contributed by atoms with Gasteiger partial charge in [-0.1, -0.05) is 31.0 Å². The monoisotopic (exact) mass is 320 g/mol. The molecule has 4 nitrogen and oxygen atoms in total. The van der Waals surface area contributed by atoms with E-state index in [0.717, 1.165) is 44.1 Å². The molecule has 2 aliphatic rings. The van der Waals surface area contributed by atoms with Crippen LogP contribution in [0.1, 0.15) is 44.1 Å². The van der Waals surface area contributed by atoms with Gasteiger partial charge < -0.3 is 15.3 Å². The van der Waals surface area contributed by atoms with Gasteiger partial charge in [-0.15, -0.1) is 0 Å². The molecule has 23 heavy (non-hydrogen) atoms. The first kappa shape index (κ1) is 16.2. The summed E-state index contributed by atoms with van der Waals surface area (Å²) in [6.07, 6.45) is 5.70. The first-order valence-corrected chi connectivity index (χ1v) is 8.57. The second kappa shape index (κ2) is 6.87. The van der Waals surface area contributed by atoms with Crippen LogP contribution in [-0.2, 0) is 5.41 Å². The average molecular weight is 320 g/mol. The highest BCUT2D eigenvalue weighted by Crippen LogP contribution is 2.41. The molecule has 0 aromatic heterocycles. The maximum Gasteiger partial charge on any atom is 0.317 e. The van der Waals surface area contributed by atoms with Crippen LogP contribution < -0.4 is 5.32 Å². The van der Waals surface area contributed by atoms with Gasteiger partial charge in [0.2, 0.25) is 0 Å². The van der Waals surface area contributed by atoms with Gasteiger partial charge in [-0.2, -0.15) is 0 Å². The van der Waals surface area contributed by atoms with Crippen LogP contribution in [0.15, 0.2) is 24.3 Å². The number of nitrogens with zero attached hydrogens (tertiary/aromatic N) is 1. The van der Waals surface area contributed by atoms with E-state index in [1.54, 1.807) is 11.0 Å². The minimum absolute atomic E-state index is 0.00583. The van der Waals surface area contributed by atoms with Crippen molar-refractivity contribution in [1.82, 2.24) is 10.2 Å². The van der Waals surface area contributed by atoms with Gasteiger partial charge in [-0.05, 0) is 37.3 Å². The topological polar surface area (TPSA) is 52.6 Å². The van der Waals surface area contributed by atoms with E-state index < -0.39 is 0 Å². The molecule has 1 aliphatic heterocycles. The molecule has 1 heterocycles. The van der Waals surface area contributed by atoms with Crippen molar-refractivity contribution in [2.75, 3.05) is 19.7 Å². The Balaban J connectivity index is 1.71. The first-order chi connectivity index (χ1) is 11.2. The van der Waals surface area contributed by atoms with Crippen LogP contribution in [0.2, 0.25) is 0 Å². The lowest BCUT2D eigenvalue weighted by atomic mass is 9.78. The number of amides is 2. The minimum Gasteiger partial charge on any atom is -0.394 e. The zero-order valence-electron chi connectivity index (χ0n) is 13.4. The van der Waals surface area contributed by atoms with Crippen molar-refractivity contribution in [2.24, 2.45) is 0 Å². The first-order valence-electron chi connectivity index (χ1n) is 8.57. The van der Waals surface area contributed by atoms with Gasteiger partial charge >= 0.3 is 6.03 Å². The normalized spacial score (nSPS) is 23.2. The van der Waals surface area contributed by atoms with E-state index in [4.69, 9.17) is 0 Å². The molecule has 2 N–H and O–H groups in total. The van der Waals surface area contributed by atoms with Gasteiger partial charge in [0.25, 0.3) is 0 Å². The molecule has 1 atom stereocenters. The van der Waals surface area contributed by atoms with Gasteiger partial charge in [0.15, 0.2) is 0 Å². The van der Waals surface area contributed by atoms with Crippen LogP contribution >= 0.6 is 0 Å². The highest BCUT2D eigenvalue weighted by atomic mass is 19.1. The number of rotatable bonds is 4. The predicted octanol–water partition coefficient (Wildman–Crippen LogP) is 2.80. The van der Waals surface area contributed by atoms with Crippen molar-refractivity contribution >= 4 is 6.03 Å². The van der Waals surface area contributed by atoms with Crippen molar-refractivity contribution < 1.29 is 14.3 Å². The fourth-order valence-corrected chi connectivity index (χ4v) is 4.12. The molecule has 3 rings (SSSR count). The van der Waals surface area contributed by atoms with Crippen LogP contribution in [0.25, 0.3) is 0 Å². The number of hydrogen-bond acceptors (Lipinski definition) is 2. The second-order valence-corrected chi connectivity index (χ2v) is 6.80. The van der Waals surface area contributed by atoms with Gasteiger partial charge in [-0.25, -0.2) is 9.18 Å². The summed E-state index contributed by atoms with van der Waals surface area (Å²) in [7, 11) is 0. The quantitative estimate of drug-likeness (QED) is 0.896. The summed E-state index contributed by atoms with van der Waals surface area (Å²) in [5.74, 6) is -0.182. The minimum atomic E-state index is -0.296. The molecule has 1 aromatic carbocycles. The standard InChI is InChI=1S/C18H25FN2O2/c19-16-8-2-1-7-15(16)18(9-3-4-10-18)13-20-17(23)21-11-5-6-14(21)12-22/h1-2,7-8,14,22H,3-6,9-13H2,(H,20,23)/t14-/m1/s1. The number of benzene rings is 1. The van der Waals surface area contributed by atoms with E-state index >= 15 is 0 Å². The Morgan fingerprint density at radius 3 is 2.74 bits per heavy atom. The molecule has 1 saturated heterocycles. The predicted molar refractivity (Wildman–Crippen MR) is 86.8 cm³/mol. The van der Waals surface area contributed by atoms with Crippen LogP contribution in [0.5, 0.6) is 0 Å². The van der Waals surface area contributed by atoms with Crippen molar-refractivity contribution in [3.8, 4) is 0 Å². The summed E-state index contributed by atoms with van der Waals surface area (Å²) in [6.45, 7) is 1.15. The zero-order valence-corrected chi connectivity index (χ0v) is 13.4. The largest absolute Gasteiger partial charge is 0.394 e. The SMILES string of the molecule is O=C(NCC1(c2ccccc2F)CCCC1)N1CCC[C@@H]1CO. The molecule has 1 aromatic rings. The number of carbonyl (C=O) groups is 1. The molecule has 1 aliphatic carbocycles. The Bertz CT molecular complexity index is 558. The lowest BCUT2D eigenvalue weighted by Gasteiger charge is -2.32. The highest BCUT2D eigenvalue weighted by molar-refractivity contribution is 5.75. The van der Waals surface area contributed by atoms with Gasteiger partial charge in [-0.3, -0.25) is 0 Å². The maximum absolute atomic E-state index is 14.3. The molecule has 0 bridgehead atoms. The Hall–Kier alpha value is -1.62. The molecule has 2 fully saturated rings. The average Bonchev–Trinajstić information content (AvgIpc) is 3.23. The van der Waals surface area contributed by atoms with Crippen LogP contribution in [0.3, 0.4) is 0 Å². The van der Waals surface area contributed by atoms with Crippen LogP contribution in [-0.4, -0.2) is 41.8 Å². The van der Waals surface area contributed by atoms with E-state index in [9.17, 15) is 14.3 Å². The fourth-order valence-electron chi connectivity index (χ4n) is 4.12. The van der Waals surface area contributed by atoms with Crippen molar-refractivity contribution in [1.29, 1.82) is 0 Å². The number of urea groups is 1. The lowest BCUT2D eigenvalue weighted by molar-refractivity contribution is 0.155. The highest BCUT2D eigenvalue weighted by Gasteiger charge is 2.38. The third-order valence-electron chi connectivity index (χ3n) is 5.43. The van der Waals surface area contributed by atoms with E-state index in [1.807, 2.05) is 12.1 Å². The summed E-state index contributed by atoms with van der Waals surface area (Å²) in [5, 5.41) is 12.4. The number of carbonyl (C=O) groups excluding carboxylic acids is 1. The third kappa shape index (κ3) is 3.20. The van der Waals surface area contributed by atoms with Crippen LogP contribution in [0.4, 0.5) is 9.18 Å². The van der Waals surface area contributed by atoms with E-state index in [1.165, 1.54) is 6.07 Å². The smallest absolute Gasteiger partial charge is 0.317 e. The fraction of sp³-hybridized carbons (Fsp3) is 0.611. The number of halogens is 1. The summed E-state index contributed by atoms with van der Waals surface area (Å²) in [6, 6.07) is 6.70. The summed E-state index contributed by atoms with van der Waals surface area (Å²) in [5.41, 5.74) is 0.424. The molecule has 5 heteroatoms. The zero-order chi connectivity index (χ0) is 16.3. The van der Waals surface area contributed by atoms with E-state index in [0.29, 0.717) is 13.1 Å². The van der Waals surface area contributed by atoms with Gasteiger partial charge in [0.05, 0.1) is 12.6 Å². The Labute approximate surface area is 136 Å². The van der Waals surface area contributed by atoms with Crippen molar-refractivity contribution in [2.45, 2.75) is 50.0 Å². The van der Waals surface area contributed by atoms with Crippen LogP contribution in [0, 0.1) is 5.82 Å². The number of likely N-dealkylation sites (tertiary alicyclic amines) is 1. The Morgan fingerprint density at radius 2 is 2.04 bits per heavy atom. The molecular formula is C18H25FN2O2. The molecule has 126 valence electrons. The summed E-state index contributed by atoms with van der Waals surface area (Å²) < 4.78 is 14.3. The second-order valence-electron chi connectivity index (χ2n) is 6.80. The third-order valence-corrected chi connectivity index (χ3v) is 5.43. The van der Waals surface area contributed by atoms with E-state index in [2.05, 4.69) is 5.32 Å². The van der Waals surface area contributed by atoms with Gasteiger partial charge in [0, 0.05) is 18.5 Å². The Kier molecular flexibility index (Phi) is 4.85. The maximum atomic E-state index is 14.3. The number of aliphatic hydroxyl groups is 1. The number of nitrogens with one attached hydrogen (secondary N) is 1. The molecule has 0 unspecified atom stereocenters. The van der Waals surface area contributed by atoms with E-state index in [-0.39, 0.29) is 29.9 Å². The molecule has 1 saturated carbocycles. The molecular weight excluding hydrogens is 295 g/mol. The molecule has 2 amide bonds. The Morgan fingerprint density at radius 1 is 1.30 bits per heavy atom. The van der Waals surface area contributed by atoms with Crippen molar-refractivity contribution in [3.63, 3.8) is 0 Å². The molecule has 0 spiro atoms. The number of hydrogen-bond donors (Lipinski definition) is 2. The summed E-state index contributed by atoms with van der Waals surface area (Å²) in [4.78, 5) is 14.2.